The maximum atomic E-state index is 5.90. The number of nitrogens with two attached hydrogens (primary N) is 1. The van der Waals surface area contributed by atoms with Gasteiger partial charge in [-0.15, -0.1) is 5.10 Å². The molecule has 0 aliphatic heterocycles. The lowest BCUT2D eigenvalue weighted by molar-refractivity contribution is -0.0855. The summed E-state index contributed by atoms with van der Waals surface area (Å²) in [5.74, 6) is 0.740. The number of nitrogen functional groups attached to an aromatic ring is 1. The van der Waals surface area contributed by atoms with Gasteiger partial charge in [-0.1, -0.05) is 0 Å². The monoisotopic (exact) mass is 273 g/mol. The molecule has 0 saturated heterocycles. The Balaban J connectivity index is 1.93. The van der Waals surface area contributed by atoms with Crippen LogP contribution < -0.4 is 5.73 Å². The summed E-state index contributed by atoms with van der Waals surface area (Å²) in [7, 11) is 1.76. The van der Waals surface area contributed by atoms with E-state index in [-0.39, 0.29) is 5.60 Å². The van der Waals surface area contributed by atoms with Gasteiger partial charge in [0.05, 0.1) is 12.1 Å². The van der Waals surface area contributed by atoms with Crippen molar-refractivity contribution in [3.8, 4) is 11.4 Å². The molecule has 1 aromatic carbocycles. The summed E-state index contributed by atoms with van der Waals surface area (Å²) in [6, 6.07) is 5.87. The highest BCUT2D eigenvalue weighted by Crippen LogP contribution is 2.37. The van der Waals surface area contributed by atoms with Crippen molar-refractivity contribution in [3.63, 3.8) is 0 Å². The highest BCUT2D eigenvalue weighted by atomic mass is 16.5. The fourth-order valence-electron chi connectivity index (χ4n) is 2.73. The first-order valence-electron chi connectivity index (χ1n) is 6.81. The Morgan fingerprint density at radius 2 is 2.15 bits per heavy atom. The van der Waals surface area contributed by atoms with Crippen LogP contribution in [-0.4, -0.2) is 32.9 Å². The van der Waals surface area contributed by atoms with Gasteiger partial charge in [0, 0.05) is 18.4 Å². The number of hydrogen-bond acceptors (Lipinski definition) is 5. The Kier molecular flexibility index (Phi) is 3.17. The van der Waals surface area contributed by atoms with Gasteiger partial charge in [-0.25, -0.2) is 4.68 Å². The lowest BCUT2D eigenvalue weighted by atomic mass is 9.80. The maximum Gasteiger partial charge on any atom is 0.182 e. The molecular weight excluding hydrogens is 254 g/mol. The Bertz CT molecular complexity index is 592. The van der Waals surface area contributed by atoms with Crippen molar-refractivity contribution in [1.29, 1.82) is 0 Å². The number of hydrogen-bond donors (Lipinski definition) is 1. The minimum absolute atomic E-state index is 0.112. The minimum Gasteiger partial charge on any atom is -0.399 e. The summed E-state index contributed by atoms with van der Waals surface area (Å²) in [5.41, 5.74) is 8.55. The zero-order chi connectivity index (χ0) is 14.2. The smallest absolute Gasteiger partial charge is 0.182 e. The molecule has 2 aromatic rings. The van der Waals surface area contributed by atoms with Crippen molar-refractivity contribution in [1.82, 2.24) is 20.2 Å². The number of ether oxygens (including phenoxy) is 1. The van der Waals surface area contributed by atoms with Crippen LogP contribution in [0.15, 0.2) is 18.2 Å². The van der Waals surface area contributed by atoms with Crippen LogP contribution >= 0.6 is 0 Å². The standard InChI is InChI=1S/C14H19N5O/c1-10-6-11(8-12(15)7-10)13-16-17-18-19(13)9-14(20-2)4-3-5-14/h6-8H,3-5,9,15H2,1-2H3. The van der Waals surface area contributed by atoms with Crippen LogP contribution in [0.1, 0.15) is 24.8 Å². The van der Waals surface area contributed by atoms with Gasteiger partial charge < -0.3 is 10.5 Å². The molecule has 1 heterocycles. The molecule has 1 saturated carbocycles. The molecule has 1 aliphatic carbocycles. The lowest BCUT2D eigenvalue weighted by Crippen LogP contribution is -2.43. The Morgan fingerprint density at radius 3 is 2.75 bits per heavy atom. The zero-order valence-electron chi connectivity index (χ0n) is 11.8. The van der Waals surface area contributed by atoms with Crippen molar-refractivity contribution in [2.45, 2.75) is 38.3 Å². The molecule has 106 valence electrons. The van der Waals surface area contributed by atoms with Crippen LogP contribution in [0.5, 0.6) is 0 Å². The third-order valence-corrected chi connectivity index (χ3v) is 4.03. The van der Waals surface area contributed by atoms with Crippen LogP contribution in [0.4, 0.5) is 5.69 Å². The summed E-state index contributed by atoms with van der Waals surface area (Å²) in [6.45, 7) is 2.69. The first kappa shape index (κ1) is 13.1. The number of tetrazole rings is 1. The Morgan fingerprint density at radius 1 is 1.35 bits per heavy atom. The number of rotatable bonds is 4. The van der Waals surface area contributed by atoms with Crippen molar-refractivity contribution >= 4 is 5.69 Å². The largest absolute Gasteiger partial charge is 0.399 e. The first-order chi connectivity index (χ1) is 9.62. The summed E-state index contributed by atoms with van der Waals surface area (Å²) in [6.07, 6.45) is 3.31. The van der Waals surface area contributed by atoms with Crippen molar-refractivity contribution in [2.24, 2.45) is 0 Å². The van der Waals surface area contributed by atoms with Crippen LogP contribution in [0, 0.1) is 6.92 Å². The fraction of sp³-hybridized carbons (Fsp3) is 0.500. The van der Waals surface area contributed by atoms with E-state index >= 15 is 0 Å². The molecule has 1 fully saturated rings. The van der Waals surface area contributed by atoms with E-state index in [1.54, 1.807) is 7.11 Å². The topological polar surface area (TPSA) is 78.8 Å². The normalized spacial score (nSPS) is 16.9. The molecular formula is C14H19N5O. The van der Waals surface area contributed by atoms with Crippen LogP contribution in [-0.2, 0) is 11.3 Å². The van der Waals surface area contributed by atoms with Crippen LogP contribution in [0.25, 0.3) is 11.4 Å². The van der Waals surface area contributed by atoms with Crippen molar-refractivity contribution in [3.05, 3.63) is 23.8 Å². The average molecular weight is 273 g/mol. The Hall–Kier alpha value is -1.95. The average Bonchev–Trinajstić information content (AvgIpc) is 2.80. The Labute approximate surface area is 117 Å². The molecule has 3 rings (SSSR count). The van der Waals surface area contributed by atoms with E-state index in [0.29, 0.717) is 6.54 Å². The van der Waals surface area contributed by atoms with Crippen molar-refractivity contribution in [2.75, 3.05) is 12.8 Å². The van der Waals surface area contributed by atoms with Gasteiger partial charge in [0.15, 0.2) is 5.82 Å². The van der Waals surface area contributed by atoms with Crippen LogP contribution in [0.2, 0.25) is 0 Å². The maximum absolute atomic E-state index is 5.90. The van der Waals surface area contributed by atoms with E-state index in [9.17, 15) is 0 Å². The quantitative estimate of drug-likeness (QED) is 0.859. The SMILES string of the molecule is COC1(Cn2nnnc2-c2cc(C)cc(N)c2)CCC1. The molecule has 0 atom stereocenters. The van der Waals surface area contributed by atoms with E-state index in [4.69, 9.17) is 10.5 Å². The second-order valence-electron chi connectivity index (χ2n) is 5.53. The predicted octanol–water partition coefficient (Wildman–Crippen LogP) is 1.80. The summed E-state index contributed by atoms with van der Waals surface area (Å²) < 4.78 is 7.46. The predicted molar refractivity (Wildman–Crippen MR) is 76.0 cm³/mol. The van der Waals surface area contributed by atoms with Gasteiger partial charge >= 0.3 is 0 Å². The van der Waals surface area contributed by atoms with Gasteiger partial charge in [0.1, 0.15) is 0 Å². The lowest BCUT2D eigenvalue weighted by Gasteiger charge is -2.40. The van der Waals surface area contributed by atoms with Crippen molar-refractivity contribution < 1.29 is 4.74 Å². The molecule has 2 N–H and O–H groups in total. The number of benzene rings is 1. The summed E-state index contributed by atoms with van der Waals surface area (Å²) in [4.78, 5) is 0. The number of nitrogens with zero attached hydrogens (tertiary/aromatic N) is 4. The molecule has 0 unspecified atom stereocenters. The molecule has 0 bridgehead atoms. The first-order valence-corrected chi connectivity index (χ1v) is 6.81. The molecule has 6 nitrogen and oxygen atoms in total. The van der Waals surface area contributed by atoms with Gasteiger partial charge in [-0.2, -0.15) is 0 Å². The third-order valence-electron chi connectivity index (χ3n) is 4.03. The van der Waals surface area contributed by atoms with E-state index in [1.807, 2.05) is 29.8 Å². The second kappa shape index (κ2) is 4.86. The molecule has 1 aromatic heterocycles. The number of anilines is 1. The molecule has 1 aliphatic rings. The van der Waals surface area contributed by atoms with Gasteiger partial charge in [-0.3, -0.25) is 0 Å². The number of aryl methyl sites for hydroxylation is 1. The van der Waals surface area contributed by atoms with Gasteiger partial charge in [-0.05, 0) is 60.4 Å². The second-order valence-corrected chi connectivity index (χ2v) is 5.53. The van der Waals surface area contributed by atoms with E-state index in [2.05, 4.69) is 15.5 Å². The zero-order valence-corrected chi connectivity index (χ0v) is 11.8. The summed E-state index contributed by atoms with van der Waals surface area (Å²) in [5, 5.41) is 12.0. The fourth-order valence-corrected chi connectivity index (χ4v) is 2.73. The number of aromatic nitrogens is 4. The highest BCUT2D eigenvalue weighted by molar-refractivity contribution is 5.62. The van der Waals surface area contributed by atoms with E-state index < -0.39 is 0 Å². The highest BCUT2D eigenvalue weighted by Gasteiger charge is 2.38. The van der Waals surface area contributed by atoms with Gasteiger partial charge in [0.2, 0.25) is 0 Å². The van der Waals surface area contributed by atoms with E-state index in [0.717, 1.165) is 35.5 Å². The third kappa shape index (κ3) is 2.27. The molecule has 0 spiro atoms. The molecule has 0 amide bonds. The van der Waals surface area contributed by atoms with E-state index in [1.165, 1.54) is 6.42 Å². The van der Waals surface area contributed by atoms with Crippen LogP contribution in [0.3, 0.4) is 0 Å². The molecule has 20 heavy (non-hydrogen) atoms. The number of methoxy groups -OCH3 is 1. The molecule has 0 radical (unpaired) electrons. The minimum atomic E-state index is -0.112. The summed E-state index contributed by atoms with van der Waals surface area (Å²) >= 11 is 0. The molecule has 6 heteroatoms. The van der Waals surface area contributed by atoms with Gasteiger partial charge in [0.25, 0.3) is 0 Å².